The summed E-state index contributed by atoms with van der Waals surface area (Å²) < 4.78 is 13.2. The van der Waals surface area contributed by atoms with E-state index in [1.54, 1.807) is 6.07 Å². The van der Waals surface area contributed by atoms with Crippen LogP contribution in [0.2, 0.25) is 0 Å². The number of aromatic nitrogens is 1. The van der Waals surface area contributed by atoms with Crippen LogP contribution >= 0.6 is 0 Å². The van der Waals surface area contributed by atoms with Gasteiger partial charge in [-0.1, -0.05) is 13.0 Å². The zero-order valence-corrected chi connectivity index (χ0v) is 12.3. The molecule has 1 N–H and O–H groups in total. The molecule has 0 amide bonds. The van der Waals surface area contributed by atoms with Crippen LogP contribution in [0.4, 0.5) is 4.39 Å². The summed E-state index contributed by atoms with van der Waals surface area (Å²) in [6.45, 7) is 7.03. The fourth-order valence-electron chi connectivity index (χ4n) is 2.52. The summed E-state index contributed by atoms with van der Waals surface area (Å²) in [7, 11) is 0. The zero-order chi connectivity index (χ0) is 14.5. The van der Waals surface area contributed by atoms with Gasteiger partial charge in [-0.25, -0.2) is 4.39 Å². The Labute approximate surface area is 120 Å². The lowest BCUT2D eigenvalue weighted by molar-refractivity contribution is 0.544. The number of benzene rings is 1. The quantitative estimate of drug-likeness (QED) is 0.897. The van der Waals surface area contributed by atoms with Gasteiger partial charge in [0.05, 0.1) is 0 Å². The molecule has 1 atom stereocenters. The van der Waals surface area contributed by atoms with Gasteiger partial charge in [0.1, 0.15) is 5.82 Å². The summed E-state index contributed by atoms with van der Waals surface area (Å²) >= 11 is 0. The predicted octanol–water partition coefficient (Wildman–Crippen LogP) is 3.73. The number of halogens is 1. The molecular weight excluding hydrogens is 251 g/mol. The van der Waals surface area contributed by atoms with Gasteiger partial charge in [0, 0.05) is 18.4 Å². The van der Waals surface area contributed by atoms with E-state index in [1.807, 2.05) is 25.4 Å². The van der Waals surface area contributed by atoms with Crippen LogP contribution in [0.3, 0.4) is 0 Å². The molecule has 1 unspecified atom stereocenters. The van der Waals surface area contributed by atoms with Crippen molar-refractivity contribution in [2.45, 2.75) is 33.2 Å². The maximum Gasteiger partial charge on any atom is 0.123 e. The SMILES string of the molecule is CCNC(Cc1ccc(F)cc1C)c1ccncc1C. The van der Waals surface area contributed by atoms with Crippen LogP contribution in [-0.2, 0) is 6.42 Å². The van der Waals surface area contributed by atoms with Crippen molar-refractivity contribution in [3.05, 3.63) is 64.7 Å². The first kappa shape index (κ1) is 14.7. The van der Waals surface area contributed by atoms with Crippen LogP contribution in [0, 0.1) is 19.7 Å². The lowest BCUT2D eigenvalue weighted by Gasteiger charge is -2.21. The number of rotatable bonds is 5. The van der Waals surface area contributed by atoms with Crippen LogP contribution in [0.15, 0.2) is 36.7 Å². The Hall–Kier alpha value is -1.74. The molecule has 0 bridgehead atoms. The Morgan fingerprint density at radius 2 is 2.00 bits per heavy atom. The second-order valence-electron chi connectivity index (χ2n) is 5.12. The molecule has 106 valence electrons. The van der Waals surface area contributed by atoms with Crippen molar-refractivity contribution in [3.8, 4) is 0 Å². The highest BCUT2D eigenvalue weighted by Gasteiger charge is 2.14. The van der Waals surface area contributed by atoms with E-state index in [4.69, 9.17) is 0 Å². The summed E-state index contributed by atoms with van der Waals surface area (Å²) in [6, 6.07) is 7.29. The van der Waals surface area contributed by atoms with Gasteiger partial charge in [0.25, 0.3) is 0 Å². The van der Waals surface area contributed by atoms with Gasteiger partial charge in [-0.3, -0.25) is 4.98 Å². The molecule has 2 nitrogen and oxygen atoms in total. The van der Waals surface area contributed by atoms with Crippen molar-refractivity contribution in [1.29, 1.82) is 0 Å². The number of likely N-dealkylation sites (N-methyl/N-ethyl adjacent to an activating group) is 1. The fourth-order valence-corrected chi connectivity index (χ4v) is 2.52. The lowest BCUT2D eigenvalue weighted by Crippen LogP contribution is -2.24. The molecule has 0 aliphatic rings. The molecule has 0 fully saturated rings. The summed E-state index contributed by atoms with van der Waals surface area (Å²) in [4.78, 5) is 4.15. The number of pyridine rings is 1. The summed E-state index contributed by atoms with van der Waals surface area (Å²) in [5.74, 6) is -0.175. The molecule has 0 spiro atoms. The average molecular weight is 272 g/mol. The topological polar surface area (TPSA) is 24.9 Å². The van der Waals surface area contributed by atoms with Gasteiger partial charge < -0.3 is 5.32 Å². The van der Waals surface area contributed by atoms with Crippen molar-refractivity contribution >= 4 is 0 Å². The van der Waals surface area contributed by atoms with E-state index in [0.717, 1.165) is 18.5 Å². The van der Waals surface area contributed by atoms with Crippen molar-refractivity contribution in [2.75, 3.05) is 6.54 Å². The molecular formula is C17H21FN2. The Morgan fingerprint density at radius 1 is 1.20 bits per heavy atom. The first-order valence-electron chi connectivity index (χ1n) is 7.00. The third-order valence-corrected chi connectivity index (χ3v) is 3.62. The maximum absolute atomic E-state index is 13.2. The lowest BCUT2D eigenvalue weighted by atomic mass is 9.94. The van der Waals surface area contributed by atoms with E-state index in [2.05, 4.69) is 30.2 Å². The molecule has 0 aliphatic carbocycles. The minimum absolute atomic E-state index is 0.175. The van der Waals surface area contributed by atoms with Crippen LogP contribution in [0.25, 0.3) is 0 Å². The second-order valence-corrected chi connectivity index (χ2v) is 5.12. The number of hydrogen-bond acceptors (Lipinski definition) is 2. The average Bonchev–Trinajstić information content (AvgIpc) is 2.42. The largest absolute Gasteiger partial charge is 0.310 e. The molecule has 1 aromatic carbocycles. The number of nitrogens with zero attached hydrogens (tertiary/aromatic N) is 1. The van der Waals surface area contributed by atoms with Crippen LogP contribution in [-0.4, -0.2) is 11.5 Å². The van der Waals surface area contributed by atoms with Gasteiger partial charge in [0.15, 0.2) is 0 Å². The number of aryl methyl sites for hydroxylation is 2. The minimum atomic E-state index is -0.175. The molecule has 1 heterocycles. The van der Waals surface area contributed by atoms with E-state index in [-0.39, 0.29) is 11.9 Å². The van der Waals surface area contributed by atoms with Gasteiger partial charge in [-0.05, 0) is 67.3 Å². The smallest absolute Gasteiger partial charge is 0.123 e. The number of hydrogen-bond donors (Lipinski definition) is 1. The van der Waals surface area contributed by atoms with Crippen LogP contribution in [0.5, 0.6) is 0 Å². The summed E-state index contributed by atoms with van der Waals surface area (Å²) in [5, 5.41) is 3.51. The van der Waals surface area contributed by atoms with Gasteiger partial charge in [-0.2, -0.15) is 0 Å². The van der Waals surface area contributed by atoms with Crippen LogP contribution < -0.4 is 5.32 Å². The normalized spacial score (nSPS) is 12.4. The monoisotopic (exact) mass is 272 g/mol. The first-order valence-corrected chi connectivity index (χ1v) is 7.00. The minimum Gasteiger partial charge on any atom is -0.310 e. The summed E-state index contributed by atoms with van der Waals surface area (Å²) in [6.07, 6.45) is 4.56. The molecule has 20 heavy (non-hydrogen) atoms. The van der Waals surface area contributed by atoms with Crippen molar-refractivity contribution in [2.24, 2.45) is 0 Å². The Balaban J connectivity index is 2.28. The standard InChI is InChI=1S/C17H21FN2/c1-4-20-17(16-7-8-19-11-13(16)3)10-14-5-6-15(18)9-12(14)2/h5-9,11,17,20H,4,10H2,1-3H3. The molecule has 0 aliphatic heterocycles. The number of nitrogens with one attached hydrogen (secondary N) is 1. The Morgan fingerprint density at radius 3 is 2.65 bits per heavy atom. The highest BCUT2D eigenvalue weighted by molar-refractivity contribution is 5.31. The Kier molecular flexibility index (Phi) is 4.85. The zero-order valence-electron chi connectivity index (χ0n) is 12.3. The van der Waals surface area contributed by atoms with E-state index in [0.29, 0.717) is 0 Å². The van der Waals surface area contributed by atoms with E-state index >= 15 is 0 Å². The van der Waals surface area contributed by atoms with E-state index < -0.39 is 0 Å². The first-order chi connectivity index (χ1) is 9.61. The summed E-state index contributed by atoms with van der Waals surface area (Å²) in [5.41, 5.74) is 4.61. The molecule has 1 aromatic heterocycles. The van der Waals surface area contributed by atoms with Gasteiger partial charge in [0.2, 0.25) is 0 Å². The maximum atomic E-state index is 13.2. The highest BCUT2D eigenvalue weighted by Crippen LogP contribution is 2.23. The molecule has 0 saturated carbocycles. The van der Waals surface area contributed by atoms with E-state index in [1.165, 1.54) is 22.8 Å². The third kappa shape index (κ3) is 3.42. The predicted molar refractivity (Wildman–Crippen MR) is 80.2 cm³/mol. The van der Waals surface area contributed by atoms with Gasteiger partial charge >= 0.3 is 0 Å². The van der Waals surface area contributed by atoms with Crippen LogP contribution in [0.1, 0.15) is 35.2 Å². The molecule has 2 aromatic rings. The third-order valence-electron chi connectivity index (χ3n) is 3.62. The highest BCUT2D eigenvalue weighted by atomic mass is 19.1. The molecule has 0 saturated heterocycles. The molecule has 2 rings (SSSR count). The van der Waals surface area contributed by atoms with E-state index in [9.17, 15) is 4.39 Å². The Bertz CT molecular complexity index is 581. The molecule has 3 heteroatoms. The van der Waals surface area contributed by atoms with Gasteiger partial charge in [-0.15, -0.1) is 0 Å². The van der Waals surface area contributed by atoms with Crippen molar-refractivity contribution < 1.29 is 4.39 Å². The van der Waals surface area contributed by atoms with Crippen molar-refractivity contribution in [1.82, 2.24) is 10.3 Å². The second kappa shape index (κ2) is 6.62. The van der Waals surface area contributed by atoms with Crippen molar-refractivity contribution in [3.63, 3.8) is 0 Å². The molecule has 0 radical (unpaired) electrons. The fraction of sp³-hybridized carbons (Fsp3) is 0.353.